The van der Waals surface area contributed by atoms with Crippen LogP contribution in [-0.2, 0) is 4.79 Å². The second-order valence-electron chi connectivity index (χ2n) is 16.8. The number of hydrogen-bond acceptors (Lipinski definition) is 12. The molecule has 6 aliphatic rings. The predicted molar refractivity (Wildman–Crippen MR) is 218 cm³/mol. The highest BCUT2D eigenvalue weighted by Gasteiger charge is 2.45. The summed E-state index contributed by atoms with van der Waals surface area (Å²) < 4.78 is 0. The van der Waals surface area contributed by atoms with Crippen LogP contribution in [-0.4, -0.2) is 149 Å². The molecule has 17 nitrogen and oxygen atoms in total. The third kappa shape index (κ3) is 7.52. The van der Waals surface area contributed by atoms with E-state index in [1.807, 2.05) is 30.1 Å². The van der Waals surface area contributed by atoms with Crippen molar-refractivity contribution in [3.8, 4) is 0 Å². The van der Waals surface area contributed by atoms with Crippen LogP contribution in [0.2, 0.25) is 0 Å². The molecule has 0 saturated carbocycles. The number of primary amides is 1. The Bertz CT molecular complexity index is 2150. The van der Waals surface area contributed by atoms with E-state index in [1.165, 1.54) is 5.56 Å². The van der Waals surface area contributed by atoms with Gasteiger partial charge in [0.15, 0.2) is 11.5 Å². The average Bonchev–Trinajstić information content (AvgIpc) is 3.69. The van der Waals surface area contributed by atoms with Crippen molar-refractivity contribution >= 4 is 52.7 Å². The Hall–Kier alpha value is -5.81. The second kappa shape index (κ2) is 15.7. The number of benzene rings is 2. The van der Waals surface area contributed by atoms with Gasteiger partial charge in [-0.05, 0) is 93.4 Å². The minimum atomic E-state index is -0.959. The molecule has 3 atom stereocenters. The zero-order valence-corrected chi connectivity index (χ0v) is 33.3. The summed E-state index contributed by atoms with van der Waals surface area (Å²) >= 11 is 0. The number of aliphatic hydroxyl groups excluding tert-OH is 1. The quantitative estimate of drug-likeness (QED) is 0.218. The summed E-state index contributed by atoms with van der Waals surface area (Å²) in [5.74, 6) is -0.212. The third-order valence-electron chi connectivity index (χ3n) is 13.0. The van der Waals surface area contributed by atoms with E-state index < -0.39 is 35.9 Å². The van der Waals surface area contributed by atoms with Crippen molar-refractivity contribution in [1.82, 2.24) is 34.9 Å². The zero-order valence-electron chi connectivity index (χ0n) is 33.3. The maximum atomic E-state index is 13.3. The van der Waals surface area contributed by atoms with Crippen LogP contribution in [0.25, 0.3) is 0 Å². The summed E-state index contributed by atoms with van der Waals surface area (Å²) in [6, 6.07) is 12.9. The van der Waals surface area contributed by atoms with Crippen LogP contribution in [0.3, 0.4) is 0 Å². The smallest absolute Gasteiger partial charge is 0.320 e. The van der Waals surface area contributed by atoms with Gasteiger partial charge in [0.1, 0.15) is 18.1 Å². The minimum absolute atomic E-state index is 0.0606. The molecule has 6 aliphatic heterocycles. The Morgan fingerprint density at radius 2 is 1.64 bits per heavy atom. The molecule has 9 rings (SSSR count). The molecule has 5 fully saturated rings. The molecule has 5 N–H and O–H groups in total. The summed E-state index contributed by atoms with van der Waals surface area (Å²) in [5, 5.41) is 15.5. The number of carbonyl (C=O) groups excluding carboxylic acids is 5. The van der Waals surface area contributed by atoms with Gasteiger partial charge in [0, 0.05) is 70.2 Å². The van der Waals surface area contributed by atoms with Crippen molar-refractivity contribution < 1.29 is 29.1 Å². The molecular weight excluding hydrogens is 755 g/mol. The average molecular weight is 806 g/mol. The van der Waals surface area contributed by atoms with E-state index in [1.54, 1.807) is 23.2 Å². The van der Waals surface area contributed by atoms with Gasteiger partial charge in [-0.25, -0.2) is 14.8 Å². The van der Waals surface area contributed by atoms with Gasteiger partial charge in [0.25, 0.3) is 17.7 Å². The van der Waals surface area contributed by atoms with Gasteiger partial charge in [-0.2, -0.15) is 0 Å². The topological polar surface area (TPSA) is 201 Å². The number of anilines is 4. The fourth-order valence-electron chi connectivity index (χ4n) is 9.66. The molecule has 5 saturated heterocycles. The highest BCUT2D eigenvalue weighted by molar-refractivity contribution is 6.23. The van der Waals surface area contributed by atoms with Gasteiger partial charge in [-0.15, -0.1) is 0 Å². The van der Waals surface area contributed by atoms with E-state index in [-0.39, 0.29) is 30.6 Å². The molecule has 59 heavy (non-hydrogen) atoms. The molecule has 0 bridgehead atoms. The Morgan fingerprint density at radius 3 is 2.36 bits per heavy atom. The van der Waals surface area contributed by atoms with Crippen molar-refractivity contribution in [2.24, 2.45) is 11.7 Å². The van der Waals surface area contributed by atoms with Crippen LogP contribution in [0, 0.1) is 5.92 Å². The Morgan fingerprint density at radius 1 is 0.881 bits per heavy atom. The van der Waals surface area contributed by atoms with E-state index >= 15 is 0 Å². The van der Waals surface area contributed by atoms with Crippen molar-refractivity contribution in [3.63, 3.8) is 0 Å². The van der Waals surface area contributed by atoms with Crippen LogP contribution in [0.4, 0.5) is 27.8 Å². The second-order valence-corrected chi connectivity index (χ2v) is 16.8. The fraction of sp³-hybridized carbons (Fsp3) is 0.500. The lowest BCUT2D eigenvalue weighted by Crippen LogP contribution is -2.55. The van der Waals surface area contributed by atoms with Crippen LogP contribution in [0.15, 0.2) is 48.7 Å². The predicted octanol–water partition coefficient (Wildman–Crippen LogP) is 2.16. The first kappa shape index (κ1) is 38.7. The van der Waals surface area contributed by atoms with Gasteiger partial charge in [0.2, 0.25) is 5.91 Å². The van der Waals surface area contributed by atoms with Crippen molar-refractivity contribution in [3.05, 3.63) is 71.0 Å². The zero-order chi connectivity index (χ0) is 40.9. The number of carbonyl (C=O) groups is 5. The maximum Gasteiger partial charge on any atom is 0.320 e. The number of urea groups is 1. The van der Waals surface area contributed by atoms with Gasteiger partial charge in [-0.1, -0.05) is 12.1 Å². The summed E-state index contributed by atoms with van der Waals surface area (Å²) in [4.78, 5) is 84.8. The van der Waals surface area contributed by atoms with E-state index in [0.717, 1.165) is 94.3 Å². The number of piperidine rings is 3. The van der Waals surface area contributed by atoms with E-state index in [9.17, 15) is 29.1 Å². The third-order valence-corrected chi connectivity index (χ3v) is 13.0. The van der Waals surface area contributed by atoms with Crippen LogP contribution in [0.1, 0.15) is 81.2 Å². The molecule has 17 heteroatoms. The Kier molecular flexibility index (Phi) is 10.3. The van der Waals surface area contributed by atoms with Crippen LogP contribution >= 0.6 is 0 Å². The number of likely N-dealkylation sites (N-methyl/N-ethyl adjacent to an activating group) is 1. The molecule has 0 aliphatic carbocycles. The number of nitrogens with zero attached hydrogens (tertiary/aromatic N) is 8. The number of hydrogen-bond donors (Lipinski definition) is 4. The van der Waals surface area contributed by atoms with Gasteiger partial charge in [-0.3, -0.25) is 24.1 Å². The van der Waals surface area contributed by atoms with Crippen molar-refractivity contribution in [1.29, 1.82) is 0 Å². The minimum Gasteiger partial charge on any atom is -0.374 e. The number of aromatic nitrogens is 2. The number of fused-ring (bicyclic) bond motifs is 1. The first-order valence-electron chi connectivity index (χ1n) is 20.8. The molecule has 2 unspecified atom stereocenters. The SMILES string of the molecule is CN1CCN([C@@H]2CCCN(c3cnc(C(N)=O)c(Nc4ccc(C5CCN(CC6CN(c7ccc8c(c7)C(=O)N(C7CCC(O)NC7=O)C8=O)C6)CC5)cc4)n3)C2)C1=O. The largest absolute Gasteiger partial charge is 0.374 e. The number of rotatable bonds is 10. The summed E-state index contributed by atoms with van der Waals surface area (Å²) in [5.41, 5.74) is 9.37. The number of likely N-dealkylation sites (tertiary alicyclic amines) is 1. The summed E-state index contributed by atoms with van der Waals surface area (Å²) in [7, 11) is 1.83. The molecular formula is C42H51N11O6. The van der Waals surface area contributed by atoms with Gasteiger partial charge >= 0.3 is 6.03 Å². The Labute approximate surface area is 342 Å². The lowest BCUT2D eigenvalue weighted by molar-refractivity contribution is -0.131. The van der Waals surface area contributed by atoms with E-state index in [2.05, 4.69) is 42.5 Å². The molecule has 7 heterocycles. The van der Waals surface area contributed by atoms with Gasteiger partial charge < -0.3 is 46.0 Å². The number of amides is 6. The molecule has 6 amide bonds. The lowest BCUT2D eigenvalue weighted by Gasteiger charge is -2.44. The highest BCUT2D eigenvalue weighted by atomic mass is 16.3. The molecule has 0 radical (unpaired) electrons. The standard InChI is InChI=1S/C42H51N11O6/c1-48-17-18-52(42(48)59)30-3-2-14-50(24-30)34-20-44-36(37(43)55)38(46-34)45-28-6-4-26(5-7-28)27-12-15-49(16-13-27)21-25-22-51(23-25)29-8-9-31-32(19-29)41(58)53(40(31)57)33-10-11-35(54)47-39(33)56/h4-9,19-20,25,27,30,33,35,54H,2-3,10-18,21-24H2,1H3,(H2,43,55)(H,45,46)(H,47,56)/t30-,33?,35?/m1/s1. The number of nitrogens with two attached hydrogens (primary N) is 1. The number of imide groups is 1. The monoisotopic (exact) mass is 805 g/mol. The van der Waals surface area contributed by atoms with Crippen molar-refractivity contribution in [2.75, 3.05) is 81.1 Å². The first-order chi connectivity index (χ1) is 28.5. The summed E-state index contributed by atoms with van der Waals surface area (Å²) in [6.07, 6.45) is 5.10. The van der Waals surface area contributed by atoms with Crippen LogP contribution in [0.5, 0.6) is 0 Å². The molecule has 1 aromatic heterocycles. The fourth-order valence-corrected chi connectivity index (χ4v) is 9.66. The van der Waals surface area contributed by atoms with Crippen molar-refractivity contribution in [2.45, 2.75) is 62.8 Å². The molecule has 3 aromatic rings. The van der Waals surface area contributed by atoms with Gasteiger partial charge in [0.05, 0.1) is 23.4 Å². The Balaban J connectivity index is 0.759. The number of nitrogens with one attached hydrogen (secondary N) is 2. The molecule has 310 valence electrons. The number of aliphatic hydroxyl groups is 1. The molecule has 2 aromatic carbocycles. The molecule has 0 spiro atoms. The summed E-state index contributed by atoms with van der Waals surface area (Å²) in [6.45, 7) is 7.61. The maximum absolute atomic E-state index is 13.3. The van der Waals surface area contributed by atoms with Crippen LogP contribution < -0.4 is 26.2 Å². The van der Waals surface area contributed by atoms with E-state index in [0.29, 0.717) is 41.1 Å². The van der Waals surface area contributed by atoms with E-state index in [4.69, 9.17) is 10.7 Å². The highest BCUT2D eigenvalue weighted by Crippen LogP contribution is 2.35. The first-order valence-corrected chi connectivity index (χ1v) is 20.8. The normalized spacial score (nSPS) is 24.4. The lowest BCUT2D eigenvalue weighted by atomic mass is 9.88.